The molecule has 3 aromatic rings. The van der Waals surface area contributed by atoms with Gasteiger partial charge in [-0.25, -0.2) is 4.68 Å². The Morgan fingerprint density at radius 1 is 1.24 bits per heavy atom. The van der Waals surface area contributed by atoms with Gasteiger partial charge >= 0.3 is 0 Å². The second-order valence-corrected chi connectivity index (χ2v) is 5.31. The van der Waals surface area contributed by atoms with E-state index in [1.807, 2.05) is 0 Å². The van der Waals surface area contributed by atoms with E-state index in [-0.39, 0.29) is 18.1 Å². The van der Waals surface area contributed by atoms with Crippen molar-refractivity contribution < 1.29 is 14.1 Å². The lowest BCUT2D eigenvalue weighted by molar-refractivity contribution is -0.117. The summed E-state index contributed by atoms with van der Waals surface area (Å²) in [5.74, 6) is -0.181. The topological polar surface area (TPSA) is 119 Å². The Labute approximate surface area is 141 Å². The van der Waals surface area contributed by atoms with E-state index in [0.29, 0.717) is 16.5 Å². The van der Waals surface area contributed by atoms with E-state index >= 15 is 0 Å². The van der Waals surface area contributed by atoms with Crippen molar-refractivity contribution in [3.8, 4) is 0 Å². The van der Waals surface area contributed by atoms with Gasteiger partial charge in [0, 0.05) is 18.5 Å². The smallest absolute Gasteiger partial charge is 0.275 e. The summed E-state index contributed by atoms with van der Waals surface area (Å²) >= 11 is 0. The number of hydrogen-bond acceptors (Lipinski definition) is 6. The number of benzene rings is 1. The number of carbonyl (C=O) groups excluding carboxylic acids is 2. The van der Waals surface area contributed by atoms with Gasteiger partial charge in [-0.1, -0.05) is 23.4 Å². The van der Waals surface area contributed by atoms with Gasteiger partial charge in [-0.3, -0.25) is 14.4 Å². The van der Waals surface area contributed by atoms with Crippen LogP contribution in [0.3, 0.4) is 0 Å². The van der Waals surface area contributed by atoms with Crippen molar-refractivity contribution in [3.63, 3.8) is 0 Å². The minimum Gasteiger partial charge on any atom is -0.360 e. The monoisotopic (exact) mass is 341 g/mol. The van der Waals surface area contributed by atoms with Crippen molar-refractivity contribution in [1.29, 1.82) is 0 Å². The Morgan fingerprint density at radius 2 is 1.96 bits per heavy atom. The first-order chi connectivity index (χ1) is 12.0. The number of fused-ring (bicyclic) bond motifs is 1. The zero-order chi connectivity index (χ0) is 18.0. The summed E-state index contributed by atoms with van der Waals surface area (Å²) in [7, 11) is 1.47. The molecule has 0 fully saturated rings. The van der Waals surface area contributed by atoms with Crippen molar-refractivity contribution in [1.82, 2.24) is 20.3 Å². The maximum atomic E-state index is 12.5. The van der Waals surface area contributed by atoms with Gasteiger partial charge in [0.1, 0.15) is 12.3 Å². The summed E-state index contributed by atoms with van der Waals surface area (Å²) in [4.78, 5) is 36.7. The molecule has 0 aliphatic rings. The molecule has 0 aliphatic carbocycles. The summed E-state index contributed by atoms with van der Waals surface area (Å²) < 4.78 is 5.81. The first-order valence-electron chi connectivity index (χ1n) is 7.44. The van der Waals surface area contributed by atoms with Crippen LogP contribution >= 0.6 is 0 Å². The second kappa shape index (κ2) is 6.56. The van der Waals surface area contributed by atoms with E-state index in [1.165, 1.54) is 7.05 Å². The van der Waals surface area contributed by atoms with Gasteiger partial charge < -0.3 is 15.2 Å². The van der Waals surface area contributed by atoms with Crippen molar-refractivity contribution >= 4 is 28.4 Å². The SMILES string of the molecule is CNC(=O)c1nn(CC(=O)Nc2cc(C)on2)c(=O)c2ccccc12. The lowest BCUT2D eigenvalue weighted by atomic mass is 10.1. The second-order valence-electron chi connectivity index (χ2n) is 5.31. The van der Waals surface area contributed by atoms with Gasteiger partial charge in [0.15, 0.2) is 11.5 Å². The van der Waals surface area contributed by atoms with Gasteiger partial charge in [-0.15, -0.1) is 0 Å². The number of carbonyl (C=O) groups is 2. The van der Waals surface area contributed by atoms with E-state index in [2.05, 4.69) is 20.9 Å². The molecule has 9 heteroatoms. The fourth-order valence-corrected chi connectivity index (χ4v) is 2.37. The predicted octanol–water partition coefficient (Wildman–Crippen LogP) is 0.691. The van der Waals surface area contributed by atoms with Crippen molar-refractivity contribution in [2.24, 2.45) is 0 Å². The molecule has 1 aromatic carbocycles. The summed E-state index contributed by atoms with van der Waals surface area (Å²) in [6.45, 7) is 1.33. The lowest BCUT2D eigenvalue weighted by Gasteiger charge is -2.09. The maximum Gasteiger partial charge on any atom is 0.275 e. The number of aromatic nitrogens is 3. The summed E-state index contributed by atoms with van der Waals surface area (Å²) in [6.07, 6.45) is 0. The van der Waals surface area contributed by atoms with Gasteiger partial charge in [-0.2, -0.15) is 5.10 Å². The third kappa shape index (κ3) is 3.25. The largest absolute Gasteiger partial charge is 0.360 e. The number of anilines is 1. The van der Waals surface area contributed by atoms with Crippen molar-refractivity contribution in [2.75, 3.05) is 12.4 Å². The average molecular weight is 341 g/mol. The van der Waals surface area contributed by atoms with Crippen LogP contribution in [0.5, 0.6) is 0 Å². The highest BCUT2D eigenvalue weighted by Crippen LogP contribution is 2.13. The molecule has 0 saturated carbocycles. The van der Waals surface area contributed by atoms with Crippen LogP contribution in [-0.2, 0) is 11.3 Å². The molecular formula is C16H15N5O4. The maximum absolute atomic E-state index is 12.5. The van der Waals surface area contributed by atoms with Gasteiger partial charge in [0.05, 0.1) is 5.39 Å². The van der Waals surface area contributed by atoms with Crippen LogP contribution in [0.15, 0.2) is 39.6 Å². The Bertz CT molecular complexity index is 1020. The predicted molar refractivity (Wildman–Crippen MR) is 89.3 cm³/mol. The molecule has 3 rings (SSSR count). The van der Waals surface area contributed by atoms with Gasteiger partial charge in [0.25, 0.3) is 11.5 Å². The number of hydrogen-bond donors (Lipinski definition) is 2. The minimum absolute atomic E-state index is 0.0720. The standard InChI is InChI=1S/C16H15N5O4/c1-9-7-12(20-25-9)18-13(22)8-21-16(24)11-6-4-3-5-10(11)14(19-21)15(23)17-2/h3-7H,8H2,1-2H3,(H,17,23)(H,18,20,22). The van der Waals surface area contributed by atoms with E-state index in [0.717, 1.165) is 4.68 Å². The molecule has 0 saturated heterocycles. The molecule has 0 bridgehead atoms. The van der Waals surface area contributed by atoms with Crippen LogP contribution in [0, 0.1) is 6.92 Å². The third-order valence-corrected chi connectivity index (χ3v) is 3.50. The molecule has 0 aliphatic heterocycles. The molecule has 128 valence electrons. The Morgan fingerprint density at radius 3 is 2.60 bits per heavy atom. The highest BCUT2D eigenvalue weighted by atomic mass is 16.5. The molecule has 0 atom stereocenters. The van der Waals surface area contributed by atoms with E-state index < -0.39 is 17.4 Å². The number of rotatable bonds is 4. The number of nitrogens with zero attached hydrogens (tertiary/aromatic N) is 3. The highest BCUT2D eigenvalue weighted by molar-refractivity contribution is 6.04. The zero-order valence-corrected chi connectivity index (χ0v) is 13.6. The molecule has 2 N–H and O–H groups in total. The van der Waals surface area contributed by atoms with E-state index in [9.17, 15) is 14.4 Å². The average Bonchev–Trinajstić information content (AvgIpc) is 3.01. The van der Waals surface area contributed by atoms with Crippen LogP contribution in [0.25, 0.3) is 10.8 Å². The molecule has 0 unspecified atom stereocenters. The van der Waals surface area contributed by atoms with Crippen LogP contribution in [0.1, 0.15) is 16.2 Å². The zero-order valence-electron chi connectivity index (χ0n) is 13.6. The summed E-state index contributed by atoms with van der Waals surface area (Å²) in [5.41, 5.74) is -0.391. The molecule has 9 nitrogen and oxygen atoms in total. The number of amides is 2. The van der Waals surface area contributed by atoms with Crippen LogP contribution in [0.2, 0.25) is 0 Å². The summed E-state index contributed by atoms with van der Waals surface area (Å²) in [5, 5.41) is 13.4. The van der Waals surface area contributed by atoms with Gasteiger partial charge in [-0.05, 0) is 13.0 Å². The first kappa shape index (κ1) is 16.4. The number of nitrogens with one attached hydrogen (secondary N) is 2. The quantitative estimate of drug-likeness (QED) is 0.720. The molecule has 0 radical (unpaired) electrons. The van der Waals surface area contributed by atoms with Crippen molar-refractivity contribution in [3.05, 3.63) is 52.1 Å². The Balaban J connectivity index is 1.98. The van der Waals surface area contributed by atoms with Crippen LogP contribution in [0.4, 0.5) is 5.82 Å². The molecule has 2 heterocycles. The van der Waals surface area contributed by atoms with Gasteiger partial charge in [0.2, 0.25) is 5.91 Å². The Kier molecular flexibility index (Phi) is 4.29. The van der Waals surface area contributed by atoms with E-state index in [4.69, 9.17) is 4.52 Å². The molecule has 2 aromatic heterocycles. The van der Waals surface area contributed by atoms with Crippen LogP contribution in [-0.4, -0.2) is 33.8 Å². The molecule has 0 spiro atoms. The Hall–Kier alpha value is -3.49. The number of aryl methyl sites for hydroxylation is 1. The minimum atomic E-state index is -0.513. The van der Waals surface area contributed by atoms with Crippen molar-refractivity contribution in [2.45, 2.75) is 13.5 Å². The fraction of sp³-hybridized carbons (Fsp3) is 0.188. The first-order valence-corrected chi connectivity index (χ1v) is 7.44. The van der Waals surface area contributed by atoms with E-state index in [1.54, 1.807) is 37.3 Å². The van der Waals surface area contributed by atoms with Crippen LogP contribution < -0.4 is 16.2 Å². The highest BCUT2D eigenvalue weighted by Gasteiger charge is 2.17. The molecule has 25 heavy (non-hydrogen) atoms. The molecular weight excluding hydrogens is 326 g/mol. The fourth-order valence-electron chi connectivity index (χ4n) is 2.37. The molecule has 2 amide bonds. The summed E-state index contributed by atoms with van der Waals surface area (Å²) in [6, 6.07) is 8.16. The third-order valence-electron chi connectivity index (χ3n) is 3.50. The lowest BCUT2D eigenvalue weighted by Crippen LogP contribution is -2.33. The normalized spacial score (nSPS) is 10.6.